The van der Waals surface area contributed by atoms with Crippen LogP contribution in [0.2, 0.25) is 0 Å². The molecule has 34 heavy (non-hydrogen) atoms. The summed E-state index contributed by atoms with van der Waals surface area (Å²) in [6.07, 6.45) is 1.59. The third kappa shape index (κ3) is 3.96. The molecule has 5 heterocycles. The average Bonchev–Trinajstić information content (AvgIpc) is 3.52. The van der Waals surface area contributed by atoms with Crippen LogP contribution in [-0.2, 0) is 4.79 Å². The van der Waals surface area contributed by atoms with E-state index in [4.69, 9.17) is 4.42 Å². The summed E-state index contributed by atoms with van der Waals surface area (Å²) < 4.78 is 8.36. The molecule has 0 aromatic carbocycles. The van der Waals surface area contributed by atoms with Gasteiger partial charge in [0.05, 0.1) is 12.3 Å². The number of amides is 1. The van der Waals surface area contributed by atoms with Crippen molar-refractivity contribution in [3.63, 3.8) is 0 Å². The summed E-state index contributed by atoms with van der Waals surface area (Å²) in [7, 11) is 0. The molecule has 0 aliphatic carbocycles. The number of aryl methyl sites for hydroxylation is 2. The summed E-state index contributed by atoms with van der Waals surface area (Å²) in [5.41, 5.74) is 1.69. The Morgan fingerprint density at radius 1 is 1.26 bits per heavy atom. The molecule has 12 heteroatoms. The third-order valence-corrected chi connectivity index (χ3v) is 6.67. The highest BCUT2D eigenvalue weighted by Crippen LogP contribution is 2.32. The van der Waals surface area contributed by atoms with E-state index in [0.29, 0.717) is 45.1 Å². The molecule has 2 N–H and O–H groups in total. The van der Waals surface area contributed by atoms with Gasteiger partial charge in [-0.15, -0.1) is 0 Å². The minimum atomic E-state index is -0.318. The van der Waals surface area contributed by atoms with Gasteiger partial charge in [-0.25, -0.2) is 9.97 Å². The van der Waals surface area contributed by atoms with Crippen LogP contribution < -0.4 is 16.4 Å². The number of fused-ring (bicyclic) bond motifs is 1. The molecule has 1 unspecified atom stereocenters. The van der Waals surface area contributed by atoms with Crippen molar-refractivity contribution in [1.29, 1.82) is 0 Å². The van der Waals surface area contributed by atoms with Gasteiger partial charge in [-0.3, -0.25) is 23.9 Å². The van der Waals surface area contributed by atoms with Crippen molar-refractivity contribution < 1.29 is 9.21 Å². The van der Waals surface area contributed by atoms with Gasteiger partial charge in [0.25, 0.3) is 11.1 Å². The van der Waals surface area contributed by atoms with Crippen LogP contribution in [0.5, 0.6) is 0 Å². The SMILES string of the molecule is Cc1cc(=O)n2c(n1)SCC2CC(=O)Nc1cc(-c2ccco2)nn1-c1nc(C)c(C)c(=O)[nH]1. The number of carbonyl (C=O) groups is 1. The summed E-state index contributed by atoms with van der Waals surface area (Å²) in [4.78, 5) is 49.3. The average molecular weight is 480 g/mol. The van der Waals surface area contributed by atoms with Crippen LogP contribution in [0.15, 0.2) is 49.7 Å². The lowest BCUT2D eigenvalue weighted by Crippen LogP contribution is -2.28. The Balaban J connectivity index is 1.47. The summed E-state index contributed by atoms with van der Waals surface area (Å²) in [6.45, 7) is 5.18. The number of aromatic amines is 1. The van der Waals surface area contributed by atoms with Crippen LogP contribution in [0.4, 0.5) is 5.82 Å². The van der Waals surface area contributed by atoms with Gasteiger partial charge < -0.3 is 9.73 Å². The fourth-order valence-electron chi connectivity index (χ4n) is 3.73. The van der Waals surface area contributed by atoms with E-state index >= 15 is 0 Å². The van der Waals surface area contributed by atoms with E-state index in [1.54, 1.807) is 43.5 Å². The fourth-order valence-corrected chi connectivity index (χ4v) is 4.92. The van der Waals surface area contributed by atoms with Gasteiger partial charge in [-0.1, -0.05) is 11.8 Å². The Kier molecular flexibility index (Phi) is 5.44. The van der Waals surface area contributed by atoms with Gasteiger partial charge in [0.15, 0.2) is 10.9 Å². The lowest BCUT2D eigenvalue weighted by atomic mass is 10.2. The minimum absolute atomic E-state index is 0.0722. The van der Waals surface area contributed by atoms with Crippen molar-refractivity contribution in [2.24, 2.45) is 0 Å². The summed E-state index contributed by atoms with van der Waals surface area (Å²) in [6, 6.07) is 6.25. The second-order valence-electron chi connectivity index (χ2n) is 8.01. The predicted octanol–water partition coefficient (Wildman–Crippen LogP) is 2.37. The van der Waals surface area contributed by atoms with Gasteiger partial charge in [-0.05, 0) is 32.9 Å². The van der Waals surface area contributed by atoms with Gasteiger partial charge >= 0.3 is 0 Å². The number of hydrogen-bond acceptors (Lipinski definition) is 8. The van der Waals surface area contributed by atoms with Crippen LogP contribution in [0, 0.1) is 20.8 Å². The number of furan rings is 1. The first-order valence-corrected chi connectivity index (χ1v) is 11.5. The third-order valence-electron chi connectivity index (χ3n) is 5.57. The van der Waals surface area contributed by atoms with Crippen molar-refractivity contribution in [2.45, 2.75) is 38.4 Å². The molecule has 1 atom stereocenters. The van der Waals surface area contributed by atoms with Crippen molar-refractivity contribution in [2.75, 3.05) is 11.1 Å². The molecular formula is C22H21N7O4S. The Labute approximate surface area is 197 Å². The first-order valence-electron chi connectivity index (χ1n) is 10.5. The van der Waals surface area contributed by atoms with Crippen LogP contribution in [-0.4, -0.2) is 41.0 Å². The van der Waals surface area contributed by atoms with Gasteiger partial charge in [0.2, 0.25) is 11.9 Å². The molecule has 1 aliphatic rings. The van der Waals surface area contributed by atoms with Gasteiger partial charge in [-0.2, -0.15) is 9.78 Å². The second-order valence-corrected chi connectivity index (χ2v) is 9.00. The lowest BCUT2D eigenvalue weighted by Gasteiger charge is -2.14. The van der Waals surface area contributed by atoms with E-state index in [9.17, 15) is 14.4 Å². The van der Waals surface area contributed by atoms with Crippen LogP contribution in [0.1, 0.15) is 29.4 Å². The van der Waals surface area contributed by atoms with E-state index in [1.807, 2.05) is 0 Å². The molecule has 174 valence electrons. The highest BCUT2D eigenvalue weighted by molar-refractivity contribution is 7.99. The number of carbonyl (C=O) groups excluding carboxylic acids is 1. The Bertz CT molecular complexity index is 1520. The number of H-pyrrole nitrogens is 1. The van der Waals surface area contributed by atoms with E-state index < -0.39 is 0 Å². The van der Waals surface area contributed by atoms with Crippen molar-refractivity contribution in [3.05, 3.63) is 68.2 Å². The maximum absolute atomic E-state index is 13.0. The molecule has 0 saturated carbocycles. The number of hydrogen-bond donors (Lipinski definition) is 2. The molecule has 0 fully saturated rings. The fraction of sp³-hybridized carbons (Fsp3) is 0.273. The van der Waals surface area contributed by atoms with Crippen molar-refractivity contribution in [1.82, 2.24) is 29.3 Å². The Hall–Kier alpha value is -3.93. The van der Waals surface area contributed by atoms with Crippen molar-refractivity contribution in [3.8, 4) is 17.4 Å². The molecule has 1 aliphatic heterocycles. The summed E-state index contributed by atoms with van der Waals surface area (Å²) >= 11 is 1.45. The molecule has 0 spiro atoms. The zero-order valence-corrected chi connectivity index (χ0v) is 19.5. The predicted molar refractivity (Wildman–Crippen MR) is 125 cm³/mol. The zero-order chi connectivity index (χ0) is 24.0. The van der Waals surface area contributed by atoms with Crippen molar-refractivity contribution >= 4 is 23.5 Å². The molecule has 4 aromatic rings. The molecule has 11 nitrogen and oxygen atoms in total. The highest BCUT2D eigenvalue weighted by atomic mass is 32.2. The number of anilines is 1. The number of nitrogens with one attached hydrogen (secondary N) is 2. The van der Waals surface area contributed by atoms with Gasteiger partial charge in [0.1, 0.15) is 11.5 Å². The van der Waals surface area contributed by atoms with E-state index in [1.165, 1.54) is 28.8 Å². The lowest BCUT2D eigenvalue weighted by molar-refractivity contribution is -0.116. The number of aromatic nitrogens is 6. The number of rotatable bonds is 5. The minimum Gasteiger partial charge on any atom is -0.463 e. The van der Waals surface area contributed by atoms with Crippen LogP contribution >= 0.6 is 11.8 Å². The first kappa shape index (κ1) is 21.9. The van der Waals surface area contributed by atoms with E-state index in [2.05, 4.69) is 25.4 Å². The molecular weight excluding hydrogens is 458 g/mol. The summed E-state index contributed by atoms with van der Waals surface area (Å²) in [5, 5.41) is 7.95. The monoisotopic (exact) mass is 479 g/mol. The van der Waals surface area contributed by atoms with E-state index in [-0.39, 0.29) is 35.4 Å². The molecule has 1 amide bonds. The maximum atomic E-state index is 13.0. The number of thioether (sulfide) groups is 1. The van der Waals surface area contributed by atoms with E-state index in [0.717, 1.165) is 0 Å². The maximum Gasteiger partial charge on any atom is 0.255 e. The zero-order valence-electron chi connectivity index (χ0n) is 18.7. The molecule has 5 rings (SSSR count). The number of nitrogens with zero attached hydrogens (tertiary/aromatic N) is 5. The van der Waals surface area contributed by atoms with Crippen LogP contribution in [0.3, 0.4) is 0 Å². The Morgan fingerprint density at radius 3 is 2.82 bits per heavy atom. The molecule has 0 bridgehead atoms. The second kappa shape index (κ2) is 8.45. The normalized spacial score (nSPS) is 14.9. The standard InChI is InChI=1S/C22H21N7O4S/c1-11-7-19(31)28-14(10-34-22(28)23-11)8-18(30)25-17-9-15(16-5-4-6-33-16)27-29(17)21-24-13(3)12(2)20(32)26-21/h4-7,9,14H,8,10H2,1-3H3,(H,25,30)(H,24,26,32). The quantitative estimate of drug-likeness (QED) is 0.416. The molecule has 0 radical (unpaired) electrons. The molecule has 4 aromatic heterocycles. The largest absolute Gasteiger partial charge is 0.463 e. The topological polar surface area (TPSA) is 141 Å². The Morgan fingerprint density at radius 2 is 2.09 bits per heavy atom. The first-order chi connectivity index (χ1) is 16.3. The smallest absolute Gasteiger partial charge is 0.255 e. The molecule has 0 saturated heterocycles. The van der Waals surface area contributed by atoms with Gasteiger partial charge in [0, 0.05) is 41.3 Å². The summed E-state index contributed by atoms with van der Waals surface area (Å²) in [5.74, 6) is 1.22. The van der Waals surface area contributed by atoms with Crippen LogP contribution in [0.25, 0.3) is 17.4 Å². The highest BCUT2D eigenvalue weighted by Gasteiger charge is 2.28.